The topological polar surface area (TPSA) is 94.5 Å². The number of aromatic nitrogens is 2. The Labute approximate surface area is 179 Å². The van der Waals surface area contributed by atoms with Gasteiger partial charge in [-0.2, -0.15) is 10.2 Å². The number of carbonyl (C=O) groups is 1. The zero-order valence-corrected chi connectivity index (χ0v) is 16.9. The van der Waals surface area contributed by atoms with Crippen molar-refractivity contribution in [2.45, 2.75) is 0 Å². The van der Waals surface area contributed by atoms with Crippen molar-refractivity contribution >= 4 is 17.8 Å². The number of rotatable bonds is 6. The number of nitrogen functional groups attached to an aromatic ring is 1. The summed E-state index contributed by atoms with van der Waals surface area (Å²) in [5.41, 5.74) is 12.6. The minimum Gasteiger partial charge on any atom is -0.497 e. The van der Waals surface area contributed by atoms with Crippen LogP contribution >= 0.6 is 0 Å². The third-order valence-electron chi connectivity index (χ3n) is 4.67. The summed E-state index contributed by atoms with van der Waals surface area (Å²) in [6.07, 6.45) is 3.45. The van der Waals surface area contributed by atoms with Crippen molar-refractivity contribution in [1.29, 1.82) is 0 Å². The van der Waals surface area contributed by atoms with Gasteiger partial charge in [-0.15, -0.1) is 0 Å². The van der Waals surface area contributed by atoms with Crippen molar-refractivity contribution in [2.24, 2.45) is 5.10 Å². The Morgan fingerprint density at radius 1 is 1.03 bits per heavy atom. The fourth-order valence-corrected chi connectivity index (χ4v) is 3.03. The maximum absolute atomic E-state index is 12.3. The maximum Gasteiger partial charge on any atom is 0.271 e. The molecule has 1 amide bonds. The second-order valence-electron chi connectivity index (χ2n) is 6.76. The van der Waals surface area contributed by atoms with Crippen LogP contribution in [-0.4, -0.2) is 29.0 Å². The van der Waals surface area contributed by atoms with E-state index in [0.29, 0.717) is 11.3 Å². The summed E-state index contributed by atoms with van der Waals surface area (Å²) in [5, 5.41) is 8.86. The molecule has 0 aliphatic heterocycles. The van der Waals surface area contributed by atoms with Gasteiger partial charge in [0.2, 0.25) is 0 Å². The molecule has 7 nitrogen and oxygen atoms in total. The van der Waals surface area contributed by atoms with E-state index >= 15 is 0 Å². The summed E-state index contributed by atoms with van der Waals surface area (Å²) < 4.78 is 7.02. The number of methoxy groups -OCH3 is 1. The number of para-hydroxylation sites is 1. The van der Waals surface area contributed by atoms with Gasteiger partial charge < -0.3 is 10.5 Å². The van der Waals surface area contributed by atoms with E-state index in [2.05, 4.69) is 10.5 Å². The Balaban J connectivity index is 1.63. The molecule has 0 saturated carbocycles. The quantitative estimate of drug-likeness (QED) is 0.286. The van der Waals surface area contributed by atoms with Gasteiger partial charge in [0.25, 0.3) is 5.91 Å². The molecule has 0 aliphatic rings. The zero-order valence-electron chi connectivity index (χ0n) is 16.9. The normalized spacial score (nSPS) is 10.9. The molecule has 1 aromatic heterocycles. The number of hydrogen-bond acceptors (Lipinski definition) is 5. The van der Waals surface area contributed by atoms with Crippen LogP contribution in [-0.2, 0) is 0 Å². The first-order chi connectivity index (χ1) is 15.1. The lowest BCUT2D eigenvalue weighted by Crippen LogP contribution is -2.17. The Bertz CT molecular complexity index is 1200. The predicted octanol–water partition coefficient (Wildman–Crippen LogP) is 3.89. The van der Waals surface area contributed by atoms with Crippen LogP contribution < -0.4 is 15.9 Å². The highest BCUT2D eigenvalue weighted by Gasteiger charge is 2.12. The fraction of sp³-hybridized carbons (Fsp3) is 0.0417. The van der Waals surface area contributed by atoms with Crippen molar-refractivity contribution in [3.05, 3.63) is 96.2 Å². The smallest absolute Gasteiger partial charge is 0.271 e. The van der Waals surface area contributed by atoms with Crippen LogP contribution in [0, 0.1) is 0 Å². The summed E-state index contributed by atoms with van der Waals surface area (Å²) in [6, 6.07) is 24.0. The van der Waals surface area contributed by atoms with Gasteiger partial charge in [0.1, 0.15) is 11.4 Å². The summed E-state index contributed by atoms with van der Waals surface area (Å²) in [6.45, 7) is 0. The van der Waals surface area contributed by atoms with Crippen molar-refractivity contribution in [1.82, 2.24) is 15.2 Å². The molecule has 0 fully saturated rings. The van der Waals surface area contributed by atoms with Gasteiger partial charge in [-0.25, -0.2) is 10.1 Å². The molecular formula is C24H21N5O2. The molecule has 0 unspecified atom stereocenters. The summed E-state index contributed by atoms with van der Waals surface area (Å²) in [5.74, 6) is 0.440. The first-order valence-corrected chi connectivity index (χ1v) is 9.62. The molecule has 31 heavy (non-hydrogen) atoms. The third kappa shape index (κ3) is 4.62. The van der Waals surface area contributed by atoms with Crippen LogP contribution in [0.4, 0.5) is 5.69 Å². The highest BCUT2D eigenvalue weighted by atomic mass is 16.5. The van der Waals surface area contributed by atoms with Gasteiger partial charge in [-0.3, -0.25) is 4.79 Å². The second kappa shape index (κ2) is 8.96. The number of nitrogens with two attached hydrogens (primary N) is 1. The van der Waals surface area contributed by atoms with E-state index in [-0.39, 0.29) is 5.91 Å². The highest BCUT2D eigenvalue weighted by molar-refractivity contribution is 5.96. The van der Waals surface area contributed by atoms with Gasteiger partial charge in [-0.1, -0.05) is 18.2 Å². The Hall–Kier alpha value is -4.39. The largest absolute Gasteiger partial charge is 0.497 e. The minimum absolute atomic E-state index is 0.322. The standard InChI is InChI=1S/C24H21N5O2/c1-31-22-13-9-17(10-14-22)23-19(16-29(28-23)21-5-3-2-4-6-21)15-26-27-24(30)18-7-11-20(25)12-8-18/h2-16H,25H2,1H3,(H,27,30)/b26-15-. The summed E-state index contributed by atoms with van der Waals surface area (Å²) in [7, 11) is 1.63. The maximum atomic E-state index is 12.3. The molecule has 0 saturated heterocycles. The first kappa shape index (κ1) is 19.9. The van der Waals surface area contributed by atoms with Crippen molar-refractivity contribution in [3.63, 3.8) is 0 Å². The Morgan fingerprint density at radius 3 is 2.42 bits per heavy atom. The summed E-state index contributed by atoms with van der Waals surface area (Å²) in [4.78, 5) is 12.3. The number of benzene rings is 3. The average Bonchev–Trinajstić information content (AvgIpc) is 3.24. The van der Waals surface area contributed by atoms with Crippen molar-refractivity contribution < 1.29 is 9.53 Å². The molecule has 4 rings (SSSR count). The molecule has 4 aromatic rings. The summed E-state index contributed by atoms with van der Waals surface area (Å²) >= 11 is 0. The molecule has 1 heterocycles. The number of nitrogens with zero attached hydrogens (tertiary/aromatic N) is 3. The SMILES string of the molecule is COc1ccc(-c2nn(-c3ccccc3)cc2/C=N\NC(=O)c2ccc(N)cc2)cc1. The van der Waals surface area contributed by atoms with Gasteiger partial charge >= 0.3 is 0 Å². The third-order valence-corrected chi connectivity index (χ3v) is 4.67. The molecule has 0 spiro atoms. The first-order valence-electron chi connectivity index (χ1n) is 9.62. The van der Waals surface area contributed by atoms with Crippen LogP contribution in [0.2, 0.25) is 0 Å². The van der Waals surface area contributed by atoms with E-state index in [1.54, 1.807) is 42.3 Å². The number of nitrogens with one attached hydrogen (secondary N) is 1. The van der Waals surface area contributed by atoms with E-state index in [0.717, 1.165) is 28.3 Å². The van der Waals surface area contributed by atoms with Crippen LogP contribution in [0.3, 0.4) is 0 Å². The molecule has 7 heteroatoms. The second-order valence-corrected chi connectivity index (χ2v) is 6.76. The van der Waals surface area contributed by atoms with Gasteiger partial charge in [0.05, 0.1) is 19.0 Å². The van der Waals surface area contributed by atoms with Gasteiger partial charge in [0, 0.05) is 28.6 Å². The predicted molar refractivity (Wildman–Crippen MR) is 121 cm³/mol. The van der Waals surface area contributed by atoms with Crippen molar-refractivity contribution in [3.8, 4) is 22.7 Å². The number of carbonyl (C=O) groups excluding carboxylic acids is 1. The van der Waals surface area contributed by atoms with Crippen LogP contribution in [0.15, 0.2) is 90.2 Å². The van der Waals surface area contributed by atoms with E-state index < -0.39 is 0 Å². The number of hydrazone groups is 1. The van der Waals surface area contributed by atoms with Gasteiger partial charge in [-0.05, 0) is 60.7 Å². The van der Waals surface area contributed by atoms with Gasteiger partial charge in [0.15, 0.2) is 0 Å². The van der Waals surface area contributed by atoms with E-state index in [1.807, 2.05) is 60.8 Å². The molecule has 3 N–H and O–H groups in total. The zero-order chi connectivity index (χ0) is 21.6. The van der Waals surface area contributed by atoms with Crippen molar-refractivity contribution in [2.75, 3.05) is 12.8 Å². The minimum atomic E-state index is -0.322. The lowest BCUT2D eigenvalue weighted by atomic mass is 10.1. The molecule has 3 aromatic carbocycles. The van der Waals surface area contributed by atoms with E-state index in [1.165, 1.54) is 0 Å². The Kier molecular flexibility index (Phi) is 5.75. The monoisotopic (exact) mass is 411 g/mol. The van der Waals surface area contributed by atoms with E-state index in [4.69, 9.17) is 15.6 Å². The average molecular weight is 411 g/mol. The molecule has 0 radical (unpaired) electrons. The molecule has 0 bridgehead atoms. The van der Waals surface area contributed by atoms with Crippen LogP contribution in [0.1, 0.15) is 15.9 Å². The van der Waals surface area contributed by atoms with Crippen LogP contribution in [0.25, 0.3) is 16.9 Å². The number of ether oxygens (including phenoxy) is 1. The Morgan fingerprint density at radius 2 is 1.74 bits per heavy atom. The molecule has 0 aliphatic carbocycles. The number of anilines is 1. The number of hydrogen-bond donors (Lipinski definition) is 2. The van der Waals surface area contributed by atoms with E-state index in [9.17, 15) is 4.79 Å². The molecular weight excluding hydrogens is 390 g/mol. The molecule has 0 atom stereocenters. The number of amides is 1. The van der Waals surface area contributed by atoms with Crippen LogP contribution in [0.5, 0.6) is 5.75 Å². The molecule has 154 valence electrons. The highest BCUT2D eigenvalue weighted by Crippen LogP contribution is 2.25. The lowest BCUT2D eigenvalue weighted by molar-refractivity contribution is 0.0955. The fourth-order valence-electron chi connectivity index (χ4n) is 3.03. The lowest BCUT2D eigenvalue weighted by Gasteiger charge is -2.03.